The monoisotopic (exact) mass is 332 g/mol. The first-order valence-corrected chi connectivity index (χ1v) is 7.63. The summed E-state index contributed by atoms with van der Waals surface area (Å²) in [5, 5.41) is 6.67. The van der Waals surface area contributed by atoms with E-state index < -0.39 is 0 Å². The van der Waals surface area contributed by atoms with Gasteiger partial charge in [-0.25, -0.2) is 0 Å². The molecule has 0 atom stereocenters. The standard InChI is InChI=1S/C18H24N2O4/c1-21-13-5-7-17(23-3)15(11-13)19-9-10-20-16-12-14(22-2)6-8-18(16)24-4/h5-8,11-12,19-20H,9-10H2,1-4H3. The Morgan fingerprint density at radius 3 is 1.38 bits per heavy atom. The van der Waals surface area contributed by atoms with Gasteiger partial charge in [0.1, 0.15) is 23.0 Å². The van der Waals surface area contributed by atoms with Gasteiger partial charge in [0, 0.05) is 25.2 Å². The molecule has 6 nitrogen and oxygen atoms in total. The molecule has 0 amide bonds. The summed E-state index contributed by atoms with van der Waals surface area (Å²) in [5.74, 6) is 3.10. The normalized spacial score (nSPS) is 10.0. The van der Waals surface area contributed by atoms with E-state index in [1.54, 1.807) is 28.4 Å². The number of anilines is 2. The van der Waals surface area contributed by atoms with Crippen molar-refractivity contribution in [2.24, 2.45) is 0 Å². The third kappa shape index (κ3) is 4.38. The summed E-state index contributed by atoms with van der Waals surface area (Å²) in [6.07, 6.45) is 0. The Labute approximate surface area is 142 Å². The van der Waals surface area contributed by atoms with Gasteiger partial charge in [-0.05, 0) is 24.3 Å². The van der Waals surface area contributed by atoms with Gasteiger partial charge in [0.2, 0.25) is 0 Å². The van der Waals surface area contributed by atoms with Crippen LogP contribution in [0.2, 0.25) is 0 Å². The number of nitrogens with one attached hydrogen (secondary N) is 2. The maximum absolute atomic E-state index is 5.35. The molecule has 0 saturated heterocycles. The van der Waals surface area contributed by atoms with Crippen LogP contribution in [0.1, 0.15) is 0 Å². The van der Waals surface area contributed by atoms with Crippen molar-refractivity contribution in [3.8, 4) is 23.0 Å². The highest BCUT2D eigenvalue weighted by molar-refractivity contribution is 5.61. The van der Waals surface area contributed by atoms with Gasteiger partial charge in [-0.15, -0.1) is 0 Å². The van der Waals surface area contributed by atoms with E-state index >= 15 is 0 Å². The van der Waals surface area contributed by atoms with Crippen LogP contribution in [-0.2, 0) is 0 Å². The average molecular weight is 332 g/mol. The van der Waals surface area contributed by atoms with Crippen molar-refractivity contribution in [1.82, 2.24) is 0 Å². The zero-order valence-electron chi connectivity index (χ0n) is 14.5. The number of rotatable bonds is 9. The van der Waals surface area contributed by atoms with Gasteiger partial charge in [-0.3, -0.25) is 0 Å². The Bertz CT molecular complexity index is 604. The molecule has 2 aromatic rings. The fraction of sp³-hybridized carbons (Fsp3) is 0.333. The highest BCUT2D eigenvalue weighted by Crippen LogP contribution is 2.30. The second-order valence-corrected chi connectivity index (χ2v) is 4.99. The van der Waals surface area contributed by atoms with Crippen LogP contribution in [0.4, 0.5) is 11.4 Å². The molecular weight excluding hydrogens is 308 g/mol. The van der Waals surface area contributed by atoms with E-state index in [0.29, 0.717) is 13.1 Å². The molecule has 0 fully saturated rings. The molecule has 0 unspecified atom stereocenters. The molecule has 0 bridgehead atoms. The van der Waals surface area contributed by atoms with Gasteiger partial charge >= 0.3 is 0 Å². The third-order valence-electron chi connectivity index (χ3n) is 3.57. The van der Waals surface area contributed by atoms with E-state index in [2.05, 4.69) is 10.6 Å². The fourth-order valence-corrected chi connectivity index (χ4v) is 2.30. The molecule has 6 heteroatoms. The zero-order chi connectivity index (χ0) is 17.4. The van der Waals surface area contributed by atoms with Crippen LogP contribution in [0.15, 0.2) is 36.4 Å². The van der Waals surface area contributed by atoms with E-state index in [1.807, 2.05) is 36.4 Å². The Kier molecular flexibility index (Phi) is 6.42. The van der Waals surface area contributed by atoms with Gasteiger partial charge in [0.15, 0.2) is 0 Å². The maximum atomic E-state index is 5.35. The van der Waals surface area contributed by atoms with Crippen LogP contribution in [0, 0.1) is 0 Å². The van der Waals surface area contributed by atoms with Crippen LogP contribution < -0.4 is 29.6 Å². The van der Waals surface area contributed by atoms with Gasteiger partial charge in [-0.1, -0.05) is 0 Å². The summed E-state index contributed by atoms with van der Waals surface area (Å²) in [4.78, 5) is 0. The minimum atomic E-state index is 0.698. The first-order chi connectivity index (χ1) is 11.7. The Morgan fingerprint density at radius 2 is 1.04 bits per heavy atom. The van der Waals surface area contributed by atoms with Crippen molar-refractivity contribution in [2.45, 2.75) is 0 Å². The molecular formula is C18H24N2O4. The Hall–Kier alpha value is -2.76. The molecule has 2 rings (SSSR count). The summed E-state index contributed by atoms with van der Waals surface area (Å²) in [7, 11) is 6.57. The molecule has 0 aliphatic carbocycles. The van der Waals surface area contributed by atoms with Crippen LogP contribution in [0.5, 0.6) is 23.0 Å². The van der Waals surface area contributed by atoms with Gasteiger partial charge < -0.3 is 29.6 Å². The van der Waals surface area contributed by atoms with E-state index in [1.165, 1.54) is 0 Å². The molecule has 130 valence electrons. The molecule has 24 heavy (non-hydrogen) atoms. The predicted octanol–water partition coefficient (Wildman–Crippen LogP) is 3.25. The average Bonchev–Trinajstić information content (AvgIpc) is 2.64. The largest absolute Gasteiger partial charge is 0.497 e. The second kappa shape index (κ2) is 8.76. The smallest absolute Gasteiger partial charge is 0.142 e. The number of methoxy groups -OCH3 is 4. The second-order valence-electron chi connectivity index (χ2n) is 4.99. The number of benzene rings is 2. The molecule has 0 spiro atoms. The highest BCUT2D eigenvalue weighted by Gasteiger charge is 2.06. The van der Waals surface area contributed by atoms with Crippen molar-refractivity contribution >= 4 is 11.4 Å². The summed E-state index contributed by atoms with van der Waals surface area (Å²) in [5.41, 5.74) is 1.77. The molecule has 2 aromatic carbocycles. The summed E-state index contributed by atoms with van der Waals surface area (Å²) in [6.45, 7) is 1.40. The van der Waals surface area contributed by atoms with Crippen molar-refractivity contribution in [3.63, 3.8) is 0 Å². The number of ether oxygens (including phenoxy) is 4. The van der Waals surface area contributed by atoms with E-state index in [0.717, 1.165) is 34.4 Å². The van der Waals surface area contributed by atoms with E-state index in [9.17, 15) is 0 Å². The number of hydrogen-bond acceptors (Lipinski definition) is 6. The fourth-order valence-electron chi connectivity index (χ4n) is 2.30. The third-order valence-corrected chi connectivity index (χ3v) is 3.57. The lowest BCUT2D eigenvalue weighted by molar-refractivity contribution is 0.404. The summed E-state index contributed by atoms with van der Waals surface area (Å²) < 4.78 is 21.2. The molecule has 0 radical (unpaired) electrons. The summed E-state index contributed by atoms with van der Waals surface area (Å²) >= 11 is 0. The van der Waals surface area contributed by atoms with E-state index in [4.69, 9.17) is 18.9 Å². The molecule has 0 aromatic heterocycles. The first kappa shape index (κ1) is 17.6. The SMILES string of the molecule is COc1ccc(OC)c(NCCNc2cc(OC)ccc2OC)c1. The lowest BCUT2D eigenvalue weighted by Gasteiger charge is -2.15. The van der Waals surface area contributed by atoms with Gasteiger partial charge in [0.25, 0.3) is 0 Å². The van der Waals surface area contributed by atoms with Crippen molar-refractivity contribution in [2.75, 3.05) is 52.2 Å². The van der Waals surface area contributed by atoms with Crippen molar-refractivity contribution < 1.29 is 18.9 Å². The van der Waals surface area contributed by atoms with Gasteiger partial charge in [-0.2, -0.15) is 0 Å². The molecule has 0 aliphatic heterocycles. The Balaban J connectivity index is 1.96. The molecule has 0 saturated carbocycles. The molecule has 0 aliphatic rings. The summed E-state index contributed by atoms with van der Waals surface area (Å²) in [6, 6.07) is 11.3. The van der Waals surface area contributed by atoms with E-state index in [-0.39, 0.29) is 0 Å². The predicted molar refractivity (Wildman–Crippen MR) is 96.1 cm³/mol. The zero-order valence-corrected chi connectivity index (χ0v) is 14.5. The van der Waals surface area contributed by atoms with Gasteiger partial charge in [0.05, 0.1) is 39.8 Å². The van der Waals surface area contributed by atoms with Crippen molar-refractivity contribution in [1.29, 1.82) is 0 Å². The van der Waals surface area contributed by atoms with Crippen molar-refractivity contribution in [3.05, 3.63) is 36.4 Å². The minimum absolute atomic E-state index is 0.698. The number of hydrogen-bond donors (Lipinski definition) is 2. The van der Waals surface area contributed by atoms with Crippen LogP contribution >= 0.6 is 0 Å². The maximum Gasteiger partial charge on any atom is 0.142 e. The molecule has 0 heterocycles. The lowest BCUT2D eigenvalue weighted by atomic mass is 10.2. The first-order valence-electron chi connectivity index (χ1n) is 7.63. The topological polar surface area (TPSA) is 61.0 Å². The minimum Gasteiger partial charge on any atom is -0.497 e. The Morgan fingerprint density at radius 1 is 0.625 bits per heavy atom. The van der Waals surface area contributed by atoms with Crippen LogP contribution in [0.3, 0.4) is 0 Å². The quantitative estimate of drug-likeness (QED) is 0.688. The van der Waals surface area contributed by atoms with Crippen LogP contribution in [-0.4, -0.2) is 41.5 Å². The molecule has 2 N–H and O–H groups in total. The lowest BCUT2D eigenvalue weighted by Crippen LogP contribution is -2.14. The van der Waals surface area contributed by atoms with Crippen LogP contribution in [0.25, 0.3) is 0 Å². The highest BCUT2D eigenvalue weighted by atomic mass is 16.5.